The summed E-state index contributed by atoms with van der Waals surface area (Å²) in [5, 5.41) is 2.10. The molecule has 1 N–H and O–H groups in total. The summed E-state index contributed by atoms with van der Waals surface area (Å²) >= 11 is 0. The molecular weight excluding hydrogens is 309 g/mol. The largest absolute Gasteiger partial charge is 0.489 e. The van der Waals surface area contributed by atoms with Crippen molar-refractivity contribution in [2.75, 3.05) is 12.3 Å². The van der Waals surface area contributed by atoms with Crippen molar-refractivity contribution in [3.8, 4) is 5.75 Å². The summed E-state index contributed by atoms with van der Waals surface area (Å²) in [5.41, 5.74) is 0. The molecule has 122 valence electrons. The van der Waals surface area contributed by atoms with Gasteiger partial charge in [0.05, 0.1) is 17.5 Å². The first-order valence-electron chi connectivity index (χ1n) is 7.27. The van der Waals surface area contributed by atoms with Crippen LogP contribution in [0.1, 0.15) is 26.2 Å². The fraction of sp³-hybridized carbons (Fsp3) is 0.533. The van der Waals surface area contributed by atoms with Gasteiger partial charge in [-0.3, -0.25) is 4.79 Å². The molecule has 1 aromatic carbocycles. The molecule has 0 radical (unpaired) electrons. The fourth-order valence-electron chi connectivity index (χ4n) is 2.44. The normalized spacial score (nSPS) is 21.3. The molecule has 2 atom stereocenters. The van der Waals surface area contributed by atoms with Crippen LogP contribution in [0.5, 0.6) is 5.75 Å². The molecule has 1 aromatic rings. The summed E-state index contributed by atoms with van der Waals surface area (Å²) < 4.78 is 41.8. The molecule has 1 fully saturated rings. The van der Waals surface area contributed by atoms with Crippen molar-refractivity contribution in [3.05, 3.63) is 30.1 Å². The van der Waals surface area contributed by atoms with Gasteiger partial charge in [-0.05, 0) is 31.9 Å². The molecular formula is C15H20FNO4S. The summed E-state index contributed by atoms with van der Waals surface area (Å²) in [6.07, 6.45) is 0.824. The SMILES string of the molecule is CC(CNC(=O)CC1CCCS1(=O)=O)Oc1cccc(F)c1. The van der Waals surface area contributed by atoms with Crippen molar-refractivity contribution in [2.45, 2.75) is 37.5 Å². The number of carbonyl (C=O) groups is 1. The van der Waals surface area contributed by atoms with Gasteiger partial charge in [-0.2, -0.15) is 0 Å². The van der Waals surface area contributed by atoms with Gasteiger partial charge in [0.1, 0.15) is 17.7 Å². The lowest BCUT2D eigenvalue weighted by atomic mass is 10.2. The lowest BCUT2D eigenvalue weighted by Crippen LogP contribution is -2.36. The molecule has 0 aliphatic carbocycles. The van der Waals surface area contributed by atoms with Crippen LogP contribution in [0.4, 0.5) is 4.39 Å². The van der Waals surface area contributed by atoms with Gasteiger partial charge in [0.25, 0.3) is 0 Å². The lowest BCUT2D eigenvalue weighted by Gasteiger charge is -2.16. The first-order chi connectivity index (χ1) is 10.4. The minimum atomic E-state index is -3.11. The molecule has 0 bridgehead atoms. The van der Waals surface area contributed by atoms with Gasteiger partial charge in [-0.25, -0.2) is 12.8 Å². The average Bonchev–Trinajstić information content (AvgIpc) is 2.76. The van der Waals surface area contributed by atoms with E-state index in [1.807, 2.05) is 0 Å². The average molecular weight is 329 g/mol. The fourth-order valence-corrected chi connectivity index (χ4v) is 4.27. The molecule has 0 spiro atoms. The molecule has 1 saturated heterocycles. The Kier molecular flexibility index (Phi) is 5.39. The second kappa shape index (κ2) is 7.09. The molecule has 1 aliphatic rings. The maximum atomic E-state index is 13.0. The molecule has 0 saturated carbocycles. The number of amides is 1. The zero-order valence-corrected chi connectivity index (χ0v) is 13.2. The molecule has 22 heavy (non-hydrogen) atoms. The number of nitrogens with one attached hydrogen (secondary N) is 1. The van der Waals surface area contributed by atoms with Crippen LogP contribution in [0.25, 0.3) is 0 Å². The Hall–Kier alpha value is -1.63. The highest BCUT2D eigenvalue weighted by Crippen LogP contribution is 2.22. The minimum absolute atomic E-state index is 0.00494. The van der Waals surface area contributed by atoms with Crippen LogP contribution in [0.2, 0.25) is 0 Å². The van der Waals surface area contributed by atoms with Gasteiger partial charge in [-0.1, -0.05) is 6.07 Å². The second-order valence-electron chi connectivity index (χ2n) is 5.53. The van der Waals surface area contributed by atoms with Crippen molar-refractivity contribution >= 4 is 15.7 Å². The smallest absolute Gasteiger partial charge is 0.221 e. The standard InChI is InChI=1S/C15H20FNO4S/c1-11(21-13-5-2-4-12(16)8-13)10-17-15(18)9-14-6-3-7-22(14,19)20/h2,4-5,8,11,14H,3,6-7,9-10H2,1H3,(H,17,18). The van der Waals surface area contributed by atoms with E-state index in [1.54, 1.807) is 19.1 Å². The monoisotopic (exact) mass is 329 g/mol. The summed E-state index contributed by atoms with van der Waals surface area (Å²) in [4.78, 5) is 11.8. The Morgan fingerprint density at radius 3 is 2.91 bits per heavy atom. The highest BCUT2D eigenvalue weighted by molar-refractivity contribution is 7.92. The van der Waals surface area contributed by atoms with E-state index in [0.717, 1.165) is 0 Å². The molecule has 1 amide bonds. The van der Waals surface area contributed by atoms with E-state index in [9.17, 15) is 17.6 Å². The van der Waals surface area contributed by atoms with Gasteiger partial charge in [0.2, 0.25) is 5.91 Å². The van der Waals surface area contributed by atoms with Crippen molar-refractivity contribution in [3.63, 3.8) is 0 Å². The molecule has 0 aromatic heterocycles. The summed E-state index contributed by atoms with van der Waals surface area (Å²) in [6, 6.07) is 5.76. The number of sulfone groups is 1. The molecule has 2 rings (SSSR count). The van der Waals surface area contributed by atoms with E-state index >= 15 is 0 Å². The third-order valence-electron chi connectivity index (χ3n) is 3.60. The maximum Gasteiger partial charge on any atom is 0.221 e. The Bertz CT molecular complexity index is 632. The summed E-state index contributed by atoms with van der Waals surface area (Å²) in [5.74, 6) is -0.130. The highest BCUT2D eigenvalue weighted by Gasteiger charge is 2.32. The van der Waals surface area contributed by atoms with Crippen LogP contribution in [-0.2, 0) is 14.6 Å². The highest BCUT2D eigenvalue weighted by atomic mass is 32.2. The van der Waals surface area contributed by atoms with Gasteiger partial charge in [-0.15, -0.1) is 0 Å². The molecule has 1 heterocycles. The minimum Gasteiger partial charge on any atom is -0.489 e. The first-order valence-corrected chi connectivity index (χ1v) is 8.99. The Balaban J connectivity index is 1.76. The predicted molar refractivity (Wildman–Crippen MR) is 80.9 cm³/mol. The molecule has 2 unspecified atom stereocenters. The quantitative estimate of drug-likeness (QED) is 0.862. The number of ether oxygens (including phenoxy) is 1. The Morgan fingerprint density at radius 1 is 1.50 bits per heavy atom. The van der Waals surface area contributed by atoms with E-state index in [2.05, 4.69) is 5.32 Å². The first kappa shape index (κ1) is 16.7. The summed E-state index contributed by atoms with van der Waals surface area (Å²) in [7, 11) is -3.11. The van der Waals surface area contributed by atoms with E-state index in [1.165, 1.54) is 12.1 Å². The van der Waals surface area contributed by atoms with Crippen molar-refractivity contribution in [1.82, 2.24) is 5.32 Å². The number of hydrogen-bond acceptors (Lipinski definition) is 4. The number of rotatable bonds is 6. The van der Waals surface area contributed by atoms with Gasteiger partial charge in [0.15, 0.2) is 9.84 Å². The second-order valence-corrected chi connectivity index (χ2v) is 7.93. The van der Waals surface area contributed by atoms with E-state index in [4.69, 9.17) is 4.74 Å². The zero-order valence-electron chi connectivity index (χ0n) is 12.4. The zero-order chi connectivity index (χ0) is 16.2. The summed E-state index contributed by atoms with van der Waals surface area (Å²) in [6.45, 7) is 1.99. The van der Waals surface area contributed by atoms with Gasteiger partial charge >= 0.3 is 0 Å². The topological polar surface area (TPSA) is 72.5 Å². The lowest BCUT2D eigenvalue weighted by molar-refractivity contribution is -0.121. The van der Waals surface area contributed by atoms with Crippen molar-refractivity contribution in [2.24, 2.45) is 0 Å². The third kappa shape index (κ3) is 4.69. The van der Waals surface area contributed by atoms with Crippen molar-refractivity contribution in [1.29, 1.82) is 0 Å². The van der Waals surface area contributed by atoms with E-state index in [-0.39, 0.29) is 36.5 Å². The van der Waals surface area contributed by atoms with E-state index in [0.29, 0.717) is 18.6 Å². The van der Waals surface area contributed by atoms with Crippen molar-refractivity contribution < 1.29 is 22.3 Å². The molecule has 5 nitrogen and oxygen atoms in total. The third-order valence-corrected chi connectivity index (χ3v) is 5.87. The van der Waals surface area contributed by atoms with Crippen LogP contribution < -0.4 is 10.1 Å². The Labute approximate surface area is 129 Å². The van der Waals surface area contributed by atoms with Crippen LogP contribution in [0.3, 0.4) is 0 Å². The van der Waals surface area contributed by atoms with Crippen LogP contribution in [0.15, 0.2) is 24.3 Å². The molecule has 7 heteroatoms. The number of benzene rings is 1. The van der Waals surface area contributed by atoms with Gasteiger partial charge in [0, 0.05) is 12.5 Å². The maximum absolute atomic E-state index is 13.0. The number of hydrogen-bond donors (Lipinski definition) is 1. The van der Waals surface area contributed by atoms with Crippen LogP contribution in [-0.4, -0.2) is 38.0 Å². The molecule has 1 aliphatic heterocycles. The number of carbonyl (C=O) groups excluding carboxylic acids is 1. The van der Waals surface area contributed by atoms with Crippen LogP contribution in [0, 0.1) is 5.82 Å². The van der Waals surface area contributed by atoms with Crippen LogP contribution >= 0.6 is 0 Å². The predicted octanol–water partition coefficient (Wildman–Crippen LogP) is 1.68. The Morgan fingerprint density at radius 2 is 2.27 bits per heavy atom. The van der Waals surface area contributed by atoms with E-state index < -0.39 is 15.1 Å². The van der Waals surface area contributed by atoms with Gasteiger partial charge < -0.3 is 10.1 Å². The number of halogens is 1.